The Morgan fingerprint density at radius 3 is 2.34 bits per heavy atom. The Kier molecular flexibility index (Phi) is 4.98. The lowest BCUT2D eigenvalue weighted by Crippen LogP contribution is -1.97. The maximum absolute atomic E-state index is 11.8. The van der Waals surface area contributed by atoms with Gasteiger partial charge in [0.25, 0.3) is 0 Å². The van der Waals surface area contributed by atoms with E-state index in [2.05, 4.69) is 9.97 Å². The van der Waals surface area contributed by atoms with Gasteiger partial charge in [-0.25, -0.2) is 18.4 Å². The van der Waals surface area contributed by atoms with Crippen LogP contribution in [-0.2, 0) is 9.84 Å². The molecule has 1 heterocycles. The number of sulfone groups is 1. The number of para-hydroxylation sites is 1. The minimum absolute atomic E-state index is 0.288. The summed E-state index contributed by atoms with van der Waals surface area (Å²) in [5.41, 5.74) is 3.63. The lowest BCUT2D eigenvalue weighted by Gasteiger charge is -2.10. The van der Waals surface area contributed by atoms with E-state index < -0.39 is 9.84 Å². The fourth-order valence-corrected chi connectivity index (χ4v) is 3.82. The molecule has 0 saturated carbocycles. The zero-order valence-corrected chi connectivity index (χ0v) is 17.3. The zero-order valence-electron chi connectivity index (χ0n) is 15.8. The second-order valence-corrected chi connectivity index (χ2v) is 9.07. The van der Waals surface area contributed by atoms with Gasteiger partial charge in [-0.2, -0.15) is 0 Å². The van der Waals surface area contributed by atoms with E-state index in [0.717, 1.165) is 11.1 Å². The van der Waals surface area contributed by atoms with Crippen molar-refractivity contribution in [2.45, 2.75) is 11.8 Å². The number of nitrogens with zero attached hydrogens (tertiary/aromatic N) is 2. The van der Waals surface area contributed by atoms with Crippen LogP contribution in [0.3, 0.4) is 0 Å². The number of aromatic nitrogens is 2. The first-order valence-electron chi connectivity index (χ1n) is 8.82. The monoisotopic (exact) mass is 424 g/mol. The molecular weight excluding hydrogens is 408 g/mol. The molecule has 0 saturated heterocycles. The number of benzene rings is 3. The molecule has 0 radical (unpaired) electrons. The van der Waals surface area contributed by atoms with E-state index in [-0.39, 0.29) is 4.90 Å². The standard InChI is InChI=1S/C22H17ClN2O3S/c1-14-22(25-20-8-4-7-19(23)21(20)24-14)28-17-11-9-15(10-12-17)16-5-3-6-18(13-16)29(2,26)27/h3-13H,1-2H3. The maximum Gasteiger partial charge on any atom is 0.241 e. The highest BCUT2D eigenvalue weighted by atomic mass is 35.5. The maximum atomic E-state index is 11.8. The fraction of sp³-hybridized carbons (Fsp3) is 0.0909. The van der Waals surface area contributed by atoms with Crippen LogP contribution in [0.2, 0.25) is 5.02 Å². The van der Waals surface area contributed by atoms with Crippen molar-refractivity contribution in [1.82, 2.24) is 9.97 Å². The van der Waals surface area contributed by atoms with E-state index >= 15 is 0 Å². The van der Waals surface area contributed by atoms with Gasteiger partial charge >= 0.3 is 0 Å². The molecule has 4 aromatic rings. The SMILES string of the molecule is Cc1nc2c(Cl)cccc2nc1Oc1ccc(-c2cccc(S(C)(=O)=O)c2)cc1. The van der Waals surface area contributed by atoms with Gasteiger partial charge in [0.05, 0.1) is 15.4 Å². The summed E-state index contributed by atoms with van der Waals surface area (Å²) in [6.07, 6.45) is 1.20. The van der Waals surface area contributed by atoms with Gasteiger partial charge in [0.2, 0.25) is 5.88 Å². The summed E-state index contributed by atoms with van der Waals surface area (Å²) >= 11 is 6.18. The summed E-state index contributed by atoms with van der Waals surface area (Å²) in [5.74, 6) is 1.01. The summed E-state index contributed by atoms with van der Waals surface area (Å²) in [4.78, 5) is 9.30. The van der Waals surface area contributed by atoms with Crippen molar-refractivity contribution >= 4 is 32.5 Å². The second-order valence-electron chi connectivity index (χ2n) is 6.65. The van der Waals surface area contributed by atoms with E-state index in [4.69, 9.17) is 16.3 Å². The Bertz CT molecular complexity index is 1320. The molecule has 0 fully saturated rings. The summed E-state index contributed by atoms with van der Waals surface area (Å²) in [6, 6.07) is 19.6. The molecule has 5 nitrogen and oxygen atoms in total. The van der Waals surface area contributed by atoms with Crippen molar-refractivity contribution in [3.05, 3.63) is 77.4 Å². The van der Waals surface area contributed by atoms with Crippen molar-refractivity contribution in [1.29, 1.82) is 0 Å². The minimum atomic E-state index is -3.26. The second kappa shape index (κ2) is 7.46. The number of hydrogen-bond donors (Lipinski definition) is 0. The van der Waals surface area contributed by atoms with Crippen molar-refractivity contribution in [3.8, 4) is 22.8 Å². The van der Waals surface area contributed by atoms with Crippen LogP contribution >= 0.6 is 11.6 Å². The van der Waals surface area contributed by atoms with E-state index in [1.54, 1.807) is 24.3 Å². The molecule has 4 rings (SSSR count). The molecular formula is C22H17ClN2O3S. The Hall–Kier alpha value is -2.96. The Balaban J connectivity index is 1.63. The van der Waals surface area contributed by atoms with Gasteiger partial charge in [0.15, 0.2) is 9.84 Å². The number of rotatable bonds is 4. The number of hydrogen-bond acceptors (Lipinski definition) is 5. The number of halogens is 1. The zero-order chi connectivity index (χ0) is 20.6. The van der Waals surface area contributed by atoms with Crippen LogP contribution in [0.4, 0.5) is 0 Å². The number of fused-ring (bicyclic) bond motifs is 1. The fourth-order valence-electron chi connectivity index (χ4n) is 2.94. The van der Waals surface area contributed by atoms with Crippen LogP contribution in [0.1, 0.15) is 5.69 Å². The molecule has 7 heteroatoms. The van der Waals surface area contributed by atoms with E-state index in [1.807, 2.05) is 49.4 Å². The van der Waals surface area contributed by atoms with Crippen LogP contribution in [0.15, 0.2) is 71.6 Å². The van der Waals surface area contributed by atoms with Crippen LogP contribution < -0.4 is 4.74 Å². The van der Waals surface area contributed by atoms with Gasteiger partial charge in [-0.15, -0.1) is 0 Å². The molecule has 0 bridgehead atoms. The highest BCUT2D eigenvalue weighted by Crippen LogP contribution is 2.29. The Morgan fingerprint density at radius 2 is 1.62 bits per heavy atom. The average molecular weight is 425 g/mol. The van der Waals surface area contributed by atoms with Gasteiger partial charge in [0.1, 0.15) is 17.0 Å². The largest absolute Gasteiger partial charge is 0.437 e. The highest BCUT2D eigenvalue weighted by molar-refractivity contribution is 7.90. The van der Waals surface area contributed by atoms with Gasteiger partial charge in [-0.3, -0.25) is 0 Å². The molecule has 0 aliphatic carbocycles. The normalized spacial score (nSPS) is 11.6. The summed E-state index contributed by atoms with van der Waals surface area (Å²) in [6.45, 7) is 1.82. The number of aryl methyl sites for hydroxylation is 1. The third-order valence-electron chi connectivity index (χ3n) is 4.44. The number of ether oxygens (including phenoxy) is 1. The molecule has 0 unspecified atom stereocenters. The van der Waals surface area contributed by atoms with Crippen LogP contribution in [-0.4, -0.2) is 24.6 Å². The van der Waals surface area contributed by atoms with Gasteiger partial charge in [-0.1, -0.05) is 41.9 Å². The van der Waals surface area contributed by atoms with Crippen LogP contribution in [0, 0.1) is 6.92 Å². The van der Waals surface area contributed by atoms with E-state index in [1.165, 1.54) is 6.26 Å². The van der Waals surface area contributed by atoms with E-state index in [9.17, 15) is 8.42 Å². The molecule has 3 aromatic carbocycles. The lowest BCUT2D eigenvalue weighted by molar-refractivity contribution is 0.458. The molecule has 1 aromatic heterocycles. The molecule has 146 valence electrons. The predicted molar refractivity (Wildman–Crippen MR) is 114 cm³/mol. The summed E-state index contributed by atoms with van der Waals surface area (Å²) < 4.78 is 29.5. The lowest BCUT2D eigenvalue weighted by atomic mass is 10.1. The Labute approximate surface area is 173 Å². The third kappa shape index (κ3) is 4.09. The van der Waals surface area contributed by atoms with Crippen molar-refractivity contribution in [2.75, 3.05) is 6.26 Å². The van der Waals surface area contributed by atoms with Crippen LogP contribution in [0.25, 0.3) is 22.2 Å². The van der Waals surface area contributed by atoms with Crippen LogP contribution in [0.5, 0.6) is 11.6 Å². The molecule has 29 heavy (non-hydrogen) atoms. The Morgan fingerprint density at radius 1 is 0.897 bits per heavy atom. The first-order valence-corrected chi connectivity index (χ1v) is 11.1. The van der Waals surface area contributed by atoms with Crippen molar-refractivity contribution in [2.24, 2.45) is 0 Å². The smallest absolute Gasteiger partial charge is 0.241 e. The molecule has 0 N–H and O–H groups in total. The average Bonchev–Trinajstić information content (AvgIpc) is 2.69. The first-order chi connectivity index (χ1) is 13.8. The minimum Gasteiger partial charge on any atom is -0.437 e. The van der Waals surface area contributed by atoms with Gasteiger partial charge in [0, 0.05) is 6.26 Å². The highest BCUT2D eigenvalue weighted by Gasteiger charge is 2.11. The summed E-state index contributed by atoms with van der Waals surface area (Å²) in [5, 5.41) is 0.547. The molecule has 0 aliphatic heterocycles. The first kappa shape index (κ1) is 19.4. The summed E-state index contributed by atoms with van der Waals surface area (Å²) in [7, 11) is -3.26. The van der Waals surface area contributed by atoms with Crippen molar-refractivity contribution in [3.63, 3.8) is 0 Å². The van der Waals surface area contributed by atoms with Crippen molar-refractivity contribution < 1.29 is 13.2 Å². The van der Waals surface area contributed by atoms with E-state index in [0.29, 0.717) is 33.4 Å². The van der Waals surface area contributed by atoms with Gasteiger partial charge < -0.3 is 4.74 Å². The molecule has 0 spiro atoms. The topological polar surface area (TPSA) is 69.2 Å². The third-order valence-corrected chi connectivity index (χ3v) is 5.86. The molecule has 0 aliphatic rings. The predicted octanol–water partition coefficient (Wildman–Crippen LogP) is 5.45. The molecule has 0 atom stereocenters. The van der Waals surface area contributed by atoms with Gasteiger partial charge in [-0.05, 0) is 54.4 Å². The quantitative estimate of drug-likeness (QED) is 0.435. The molecule has 0 amide bonds.